The van der Waals surface area contributed by atoms with Gasteiger partial charge in [-0.05, 0) is 12.1 Å². The van der Waals surface area contributed by atoms with Gasteiger partial charge in [0.1, 0.15) is 0 Å². The molecule has 0 spiro atoms. The first kappa shape index (κ1) is 25.8. The van der Waals surface area contributed by atoms with Crippen molar-refractivity contribution in [2.24, 2.45) is 0 Å². The molecule has 13 nitrogen and oxygen atoms in total. The monoisotopic (exact) mass is 512 g/mol. The van der Waals surface area contributed by atoms with Gasteiger partial charge >= 0.3 is 5.43 Å². The predicted molar refractivity (Wildman–Crippen MR) is 120 cm³/mol. The van der Waals surface area contributed by atoms with Crippen LogP contribution in [-0.4, -0.2) is 47.2 Å². The largest absolute Gasteiger partial charge is 0.454 e. The third-order valence-corrected chi connectivity index (χ3v) is 5.33. The first-order valence-electron chi connectivity index (χ1n) is 10.2. The van der Waals surface area contributed by atoms with Gasteiger partial charge in [-0.1, -0.05) is 13.8 Å². The number of hydrogen-bond acceptors (Lipinski definition) is 11. The fourth-order valence-electron chi connectivity index (χ4n) is 3.38. The molecule has 0 aromatic heterocycles. The van der Waals surface area contributed by atoms with Crippen LogP contribution in [-0.2, 0) is 4.74 Å². The summed E-state index contributed by atoms with van der Waals surface area (Å²) in [7, 11) is 0. The zero-order valence-electron chi connectivity index (χ0n) is 18.6. The Morgan fingerprint density at radius 2 is 1.31 bits per heavy atom. The standard InChI is InChI=1S/C11H10ClNO6.C10H11NO5/c1-6(4-17-11(12)14)7-2-9-10(19-5-18-9)3-8(7)13(15)16;1-6(4-12)7-2-9-10(16-5-15-9)3-8(7)11(13)14/h2-3,6H,4-5H2,1H3;2-3,6,12H,4-5H2,1H3. The first-order valence-corrected chi connectivity index (χ1v) is 10.6. The van der Waals surface area contributed by atoms with Crippen molar-refractivity contribution in [3.8, 4) is 23.0 Å². The van der Waals surface area contributed by atoms with Gasteiger partial charge < -0.3 is 28.8 Å². The third-order valence-electron chi connectivity index (χ3n) is 5.22. The van der Waals surface area contributed by atoms with E-state index in [-0.39, 0.29) is 44.1 Å². The van der Waals surface area contributed by atoms with E-state index in [4.69, 9.17) is 35.7 Å². The van der Waals surface area contributed by atoms with Crippen LogP contribution in [0.25, 0.3) is 0 Å². The van der Waals surface area contributed by atoms with Crippen molar-refractivity contribution in [1.29, 1.82) is 0 Å². The molecule has 0 amide bonds. The maximum absolute atomic E-state index is 11.0. The molecule has 14 heteroatoms. The minimum atomic E-state index is -0.949. The number of aliphatic hydroxyl groups is 1. The van der Waals surface area contributed by atoms with Gasteiger partial charge in [-0.15, -0.1) is 0 Å². The second kappa shape index (κ2) is 11.1. The number of carbonyl (C=O) groups is 1. The van der Waals surface area contributed by atoms with E-state index in [2.05, 4.69) is 4.74 Å². The fourth-order valence-corrected chi connectivity index (χ4v) is 3.44. The predicted octanol–water partition coefficient (Wildman–Crippen LogP) is 4.22. The second-order valence-corrected chi connectivity index (χ2v) is 7.88. The van der Waals surface area contributed by atoms with Gasteiger partial charge in [0.2, 0.25) is 13.6 Å². The van der Waals surface area contributed by atoms with E-state index >= 15 is 0 Å². The molecule has 2 aliphatic heterocycles. The van der Waals surface area contributed by atoms with Crippen LogP contribution in [0.5, 0.6) is 23.0 Å². The number of carbonyl (C=O) groups excluding carboxylic acids is 1. The Labute approximate surface area is 203 Å². The van der Waals surface area contributed by atoms with Gasteiger partial charge in [0.15, 0.2) is 23.0 Å². The van der Waals surface area contributed by atoms with Crippen LogP contribution in [0.15, 0.2) is 24.3 Å². The smallest absolute Gasteiger partial charge is 0.403 e. The number of nitrogens with zero attached hydrogens (tertiary/aromatic N) is 2. The van der Waals surface area contributed by atoms with Crippen LogP contribution >= 0.6 is 11.6 Å². The number of aliphatic hydroxyl groups excluding tert-OH is 1. The molecule has 0 saturated heterocycles. The van der Waals surface area contributed by atoms with Crippen molar-refractivity contribution in [3.63, 3.8) is 0 Å². The van der Waals surface area contributed by atoms with E-state index in [9.17, 15) is 25.0 Å². The number of hydrogen-bond donors (Lipinski definition) is 1. The normalized spacial score (nSPS) is 14.4. The summed E-state index contributed by atoms with van der Waals surface area (Å²) in [6.07, 6.45) is 0. The number of benzene rings is 2. The van der Waals surface area contributed by atoms with E-state index in [1.165, 1.54) is 18.2 Å². The van der Waals surface area contributed by atoms with Crippen molar-refractivity contribution in [1.82, 2.24) is 0 Å². The third kappa shape index (κ3) is 6.00. The average molecular weight is 513 g/mol. The molecule has 35 heavy (non-hydrogen) atoms. The molecule has 2 aromatic carbocycles. The summed E-state index contributed by atoms with van der Waals surface area (Å²) in [5.41, 5.74) is -0.257. The number of rotatable bonds is 7. The van der Waals surface area contributed by atoms with Crippen LogP contribution in [0.3, 0.4) is 0 Å². The first-order chi connectivity index (χ1) is 16.6. The Morgan fingerprint density at radius 1 is 0.914 bits per heavy atom. The van der Waals surface area contributed by atoms with Crippen LogP contribution in [0.1, 0.15) is 36.8 Å². The number of nitro groups is 2. The lowest BCUT2D eigenvalue weighted by molar-refractivity contribution is -0.385. The SMILES string of the molecule is CC(CO)c1cc2c(cc1[N+](=O)[O-])OCO2.CC(COC(=O)Cl)c1cc2c(cc1[N+](=O)[O-])OCO2. The Morgan fingerprint density at radius 3 is 1.69 bits per heavy atom. The summed E-state index contributed by atoms with van der Waals surface area (Å²) in [4.78, 5) is 31.5. The maximum atomic E-state index is 11.0. The van der Waals surface area contributed by atoms with Crippen molar-refractivity contribution in [2.45, 2.75) is 25.7 Å². The fraction of sp³-hybridized carbons (Fsp3) is 0.381. The lowest BCUT2D eigenvalue weighted by Gasteiger charge is -2.12. The summed E-state index contributed by atoms with van der Waals surface area (Å²) < 4.78 is 25.1. The minimum Gasteiger partial charge on any atom is -0.454 e. The summed E-state index contributed by atoms with van der Waals surface area (Å²) in [5, 5.41) is 31.0. The van der Waals surface area contributed by atoms with Crippen molar-refractivity contribution < 1.29 is 43.4 Å². The lowest BCUT2D eigenvalue weighted by Crippen LogP contribution is -2.08. The highest BCUT2D eigenvalue weighted by Crippen LogP contribution is 2.41. The molecule has 1 N–H and O–H groups in total. The molecular weight excluding hydrogens is 492 g/mol. The molecule has 2 unspecified atom stereocenters. The van der Waals surface area contributed by atoms with Crippen LogP contribution in [0.4, 0.5) is 16.2 Å². The second-order valence-electron chi connectivity index (χ2n) is 7.58. The number of halogens is 1. The summed E-state index contributed by atoms with van der Waals surface area (Å²) in [6, 6.07) is 5.72. The van der Waals surface area contributed by atoms with Gasteiger partial charge in [-0.3, -0.25) is 20.2 Å². The number of fused-ring (bicyclic) bond motifs is 2. The quantitative estimate of drug-likeness (QED) is 0.320. The molecule has 188 valence electrons. The minimum absolute atomic E-state index is 0.0288. The van der Waals surface area contributed by atoms with Crippen molar-refractivity contribution in [3.05, 3.63) is 55.6 Å². The van der Waals surface area contributed by atoms with Gasteiger partial charge in [0.25, 0.3) is 11.4 Å². The maximum Gasteiger partial charge on any atom is 0.403 e. The van der Waals surface area contributed by atoms with E-state index in [0.717, 1.165) is 0 Å². The Balaban J connectivity index is 0.000000198. The molecule has 0 bridgehead atoms. The topological polar surface area (TPSA) is 170 Å². The Bertz CT molecular complexity index is 1140. The number of nitro benzene ring substituents is 2. The number of ether oxygens (including phenoxy) is 5. The van der Waals surface area contributed by atoms with Crippen molar-refractivity contribution in [2.75, 3.05) is 26.8 Å². The van der Waals surface area contributed by atoms with Gasteiger partial charge in [-0.25, -0.2) is 4.79 Å². The van der Waals surface area contributed by atoms with E-state index < -0.39 is 21.2 Å². The van der Waals surface area contributed by atoms with Gasteiger partial charge in [0, 0.05) is 41.2 Å². The average Bonchev–Trinajstić information content (AvgIpc) is 3.48. The van der Waals surface area contributed by atoms with Crippen LogP contribution in [0, 0.1) is 20.2 Å². The summed E-state index contributed by atoms with van der Waals surface area (Å²) in [5.74, 6) is 0.927. The van der Waals surface area contributed by atoms with E-state index in [0.29, 0.717) is 34.1 Å². The zero-order chi connectivity index (χ0) is 25.7. The van der Waals surface area contributed by atoms with Crippen molar-refractivity contribution >= 4 is 28.4 Å². The van der Waals surface area contributed by atoms with E-state index in [1.54, 1.807) is 19.9 Å². The lowest BCUT2D eigenvalue weighted by atomic mass is 9.99. The molecule has 0 saturated carbocycles. The summed E-state index contributed by atoms with van der Waals surface area (Å²) in [6.45, 7) is 3.29. The molecule has 2 heterocycles. The Kier molecular flexibility index (Phi) is 8.14. The zero-order valence-corrected chi connectivity index (χ0v) is 19.4. The van der Waals surface area contributed by atoms with Gasteiger partial charge in [0.05, 0.1) is 28.6 Å². The van der Waals surface area contributed by atoms with Gasteiger partial charge in [-0.2, -0.15) is 0 Å². The molecule has 0 aliphatic carbocycles. The Hall–Kier alpha value is -3.84. The van der Waals surface area contributed by atoms with Crippen LogP contribution in [0.2, 0.25) is 0 Å². The molecule has 2 atom stereocenters. The summed E-state index contributed by atoms with van der Waals surface area (Å²) >= 11 is 5.07. The molecule has 4 rings (SSSR count). The molecule has 0 radical (unpaired) electrons. The molecule has 2 aliphatic rings. The highest BCUT2D eigenvalue weighted by molar-refractivity contribution is 6.61. The highest BCUT2D eigenvalue weighted by Gasteiger charge is 2.27. The highest BCUT2D eigenvalue weighted by atomic mass is 35.5. The van der Waals surface area contributed by atoms with Crippen LogP contribution < -0.4 is 18.9 Å². The van der Waals surface area contributed by atoms with E-state index in [1.807, 2.05) is 0 Å². The molecular formula is C21H21ClN2O11. The molecule has 2 aromatic rings. The molecule has 0 fully saturated rings.